The maximum Gasteiger partial charge on any atom is 0.248 e. The highest BCUT2D eigenvalue weighted by molar-refractivity contribution is 7.89. The van der Waals surface area contributed by atoms with Gasteiger partial charge in [-0.2, -0.15) is 4.31 Å². The quantitative estimate of drug-likeness (QED) is 0.453. The molecule has 0 saturated carbocycles. The van der Waals surface area contributed by atoms with Gasteiger partial charge in [0.05, 0.1) is 11.6 Å². The molecule has 1 amide bonds. The summed E-state index contributed by atoms with van der Waals surface area (Å²) in [5.74, 6) is -0.0858. The van der Waals surface area contributed by atoms with Crippen molar-refractivity contribution in [2.45, 2.75) is 43.2 Å². The molecule has 2 fully saturated rings. The molecule has 1 atom stereocenters. The predicted octanol–water partition coefficient (Wildman–Crippen LogP) is 2.57. The summed E-state index contributed by atoms with van der Waals surface area (Å²) in [6.07, 6.45) is 3.33. The molecule has 0 N–H and O–H groups in total. The van der Waals surface area contributed by atoms with Gasteiger partial charge in [0.2, 0.25) is 15.9 Å². The van der Waals surface area contributed by atoms with Crippen LogP contribution in [0.2, 0.25) is 10.0 Å². The lowest BCUT2D eigenvalue weighted by Gasteiger charge is -2.35. The minimum absolute atomic E-state index is 0.0345. The van der Waals surface area contributed by atoms with Crippen molar-refractivity contribution in [3.8, 4) is 0 Å². The molecule has 11 heteroatoms. The second kappa shape index (κ2) is 11.9. The molecule has 192 valence electrons. The smallest absolute Gasteiger partial charge is 0.248 e. The van der Waals surface area contributed by atoms with Crippen molar-refractivity contribution in [3.63, 3.8) is 0 Å². The number of aryl methyl sites for hydroxylation is 1. The SMILES string of the molecule is Cc1cc(Cl)cc(Cl)c1S(=O)(=O)N(C)CCOCC(=O)N(C)[C@@H]1CCN(C2CCN(C)CC2)C1. The number of halogens is 2. The van der Waals surface area contributed by atoms with Crippen molar-refractivity contribution in [2.24, 2.45) is 0 Å². The van der Waals surface area contributed by atoms with Crippen molar-refractivity contribution < 1.29 is 17.9 Å². The van der Waals surface area contributed by atoms with Crippen LogP contribution in [0.3, 0.4) is 0 Å². The Morgan fingerprint density at radius 2 is 1.82 bits per heavy atom. The average Bonchev–Trinajstić information content (AvgIpc) is 3.25. The highest BCUT2D eigenvalue weighted by Gasteiger charge is 2.33. The van der Waals surface area contributed by atoms with Gasteiger partial charge < -0.3 is 14.5 Å². The number of piperidine rings is 1. The fraction of sp³-hybridized carbons (Fsp3) is 0.696. The molecule has 2 aliphatic heterocycles. The molecule has 34 heavy (non-hydrogen) atoms. The van der Waals surface area contributed by atoms with Gasteiger partial charge >= 0.3 is 0 Å². The number of sulfonamides is 1. The summed E-state index contributed by atoms with van der Waals surface area (Å²) in [6.45, 7) is 5.96. The van der Waals surface area contributed by atoms with E-state index >= 15 is 0 Å². The van der Waals surface area contributed by atoms with Crippen molar-refractivity contribution >= 4 is 39.1 Å². The lowest BCUT2D eigenvalue weighted by molar-refractivity contribution is -0.136. The maximum atomic E-state index is 12.9. The molecule has 0 aliphatic carbocycles. The minimum Gasteiger partial charge on any atom is -0.370 e. The van der Waals surface area contributed by atoms with Gasteiger partial charge in [-0.1, -0.05) is 23.2 Å². The van der Waals surface area contributed by atoms with Crippen LogP contribution in [0.1, 0.15) is 24.8 Å². The maximum absolute atomic E-state index is 12.9. The van der Waals surface area contributed by atoms with E-state index in [0.29, 0.717) is 16.6 Å². The van der Waals surface area contributed by atoms with Gasteiger partial charge in [-0.15, -0.1) is 0 Å². The molecule has 2 heterocycles. The van der Waals surface area contributed by atoms with Gasteiger partial charge in [-0.05, 0) is 64.0 Å². The van der Waals surface area contributed by atoms with Crippen LogP contribution in [0.15, 0.2) is 17.0 Å². The summed E-state index contributed by atoms with van der Waals surface area (Å²) in [5.41, 5.74) is 0.480. The molecule has 0 aromatic heterocycles. The molecule has 0 bridgehead atoms. The third-order valence-electron chi connectivity index (χ3n) is 6.98. The number of carbonyl (C=O) groups excluding carboxylic acids is 1. The number of hydrogen-bond donors (Lipinski definition) is 0. The second-order valence-corrected chi connectivity index (χ2v) is 12.2. The Morgan fingerprint density at radius 1 is 1.15 bits per heavy atom. The number of nitrogens with zero attached hydrogens (tertiary/aromatic N) is 4. The number of likely N-dealkylation sites (tertiary alicyclic amines) is 2. The van der Waals surface area contributed by atoms with E-state index in [4.69, 9.17) is 27.9 Å². The average molecular weight is 536 g/mol. The van der Waals surface area contributed by atoms with Crippen molar-refractivity contribution in [1.29, 1.82) is 0 Å². The first-order valence-electron chi connectivity index (χ1n) is 11.7. The van der Waals surface area contributed by atoms with E-state index in [1.54, 1.807) is 17.9 Å². The van der Waals surface area contributed by atoms with Crippen molar-refractivity contribution in [2.75, 3.05) is 67.1 Å². The first-order chi connectivity index (χ1) is 16.0. The highest BCUT2D eigenvalue weighted by Crippen LogP contribution is 2.30. The number of rotatable bonds is 9. The molecule has 2 saturated heterocycles. The Kier molecular flexibility index (Phi) is 9.65. The van der Waals surface area contributed by atoms with Crippen LogP contribution in [0.5, 0.6) is 0 Å². The Labute approximate surface area is 213 Å². The topological polar surface area (TPSA) is 73.4 Å². The zero-order chi connectivity index (χ0) is 25.0. The molecule has 3 rings (SSSR count). The molecule has 0 spiro atoms. The number of hydrogen-bond acceptors (Lipinski definition) is 6. The summed E-state index contributed by atoms with van der Waals surface area (Å²) in [5, 5.41) is 0.465. The molecule has 8 nitrogen and oxygen atoms in total. The van der Waals surface area contributed by atoms with Crippen LogP contribution < -0.4 is 0 Å². The van der Waals surface area contributed by atoms with Gasteiger partial charge in [0.25, 0.3) is 0 Å². The summed E-state index contributed by atoms with van der Waals surface area (Å²) in [7, 11) is 1.65. The van der Waals surface area contributed by atoms with Gasteiger partial charge in [0.1, 0.15) is 11.5 Å². The Morgan fingerprint density at radius 3 is 2.47 bits per heavy atom. The van der Waals surface area contributed by atoms with Crippen LogP contribution in [-0.4, -0.2) is 112 Å². The molecule has 1 aromatic carbocycles. The van der Waals surface area contributed by atoms with Gasteiger partial charge in [0.15, 0.2) is 0 Å². The van der Waals surface area contributed by atoms with E-state index in [-0.39, 0.29) is 41.6 Å². The minimum atomic E-state index is -3.81. The van der Waals surface area contributed by atoms with E-state index < -0.39 is 10.0 Å². The van der Waals surface area contributed by atoms with Crippen LogP contribution >= 0.6 is 23.2 Å². The van der Waals surface area contributed by atoms with Gasteiger partial charge in [0, 0.05) is 50.8 Å². The molecular weight excluding hydrogens is 499 g/mol. The van der Waals surface area contributed by atoms with Crippen molar-refractivity contribution in [3.05, 3.63) is 27.7 Å². The molecule has 2 aliphatic rings. The number of likely N-dealkylation sites (N-methyl/N-ethyl adjacent to an activating group) is 2. The Hall–Kier alpha value is -0.940. The fourth-order valence-electron chi connectivity index (χ4n) is 4.73. The first-order valence-corrected chi connectivity index (χ1v) is 13.9. The second-order valence-electron chi connectivity index (χ2n) is 9.39. The van der Waals surface area contributed by atoms with Crippen LogP contribution in [-0.2, 0) is 19.6 Å². The molecule has 0 radical (unpaired) electrons. The Balaban J connectivity index is 1.43. The Bertz CT molecular complexity index is 947. The summed E-state index contributed by atoms with van der Waals surface area (Å²) >= 11 is 12.1. The van der Waals surface area contributed by atoms with E-state index in [1.807, 2.05) is 7.05 Å². The third kappa shape index (κ3) is 6.63. The lowest BCUT2D eigenvalue weighted by Crippen LogP contribution is -2.45. The van der Waals surface area contributed by atoms with E-state index in [2.05, 4.69) is 16.8 Å². The third-order valence-corrected chi connectivity index (χ3v) is 9.67. The van der Waals surface area contributed by atoms with Gasteiger partial charge in [-0.25, -0.2) is 8.42 Å². The fourth-order valence-corrected chi connectivity index (χ4v) is 7.01. The zero-order valence-corrected chi connectivity index (χ0v) is 22.8. The summed E-state index contributed by atoms with van der Waals surface area (Å²) in [4.78, 5) is 19.4. The van der Waals surface area contributed by atoms with Crippen LogP contribution in [0.25, 0.3) is 0 Å². The zero-order valence-electron chi connectivity index (χ0n) is 20.5. The first kappa shape index (κ1) is 27.6. The summed E-state index contributed by atoms with van der Waals surface area (Å²) < 4.78 is 32.6. The number of carbonyl (C=O) groups is 1. The number of amides is 1. The summed E-state index contributed by atoms with van der Waals surface area (Å²) in [6, 6.07) is 3.78. The van der Waals surface area contributed by atoms with Crippen LogP contribution in [0.4, 0.5) is 0 Å². The molecular formula is C23H36Cl2N4O4S. The van der Waals surface area contributed by atoms with E-state index in [9.17, 15) is 13.2 Å². The standard InChI is InChI=1S/C23H36Cl2N4O4S/c1-17-13-18(24)14-21(25)23(17)34(31,32)27(3)11-12-33-16-22(30)28(4)20-7-10-29(15-20)19-5-8-26(2)9-6-19/h13-14,19-20H,5-12,15-16H2,1-4H3/t20-/m1/s1. The van der Waals surface area contributed by atoms with E-state index in [0.717, 1.165) is 32.6 Å². The number of ether oxygens (including phenoxy) is 1. The van der Waals surface area contributed by atoms with Crippen LogP contribution in [0, 0.1) is 6.92 Å². The molecule has 1 aromatic rings. The number of benzene rings is 1. The van der Waals surface area contributed by atoms with E-state index in [1.165, 1.54) is 30.3 Å². The monoisotopic (exact) mass is 534 g/mol. The highest BCUT2D eigenvalue weighted by atomic mass is 35.5. The molecule has 0 unspecified atom stereocenters. The normalized spacial score (nSPS) is 20.9. The largest absolute Gasteiger partial charge is 0.370 e. The van der Waals surface area contributed by atoms with Gasteiger partial charge in [-0.3, -0.25) is 9.69 Å². The predicted molar refractivity (Wildman–Crippen MR) is 135 cm³/mol. The lowest BCUT2D eigenvalue weighted by atomic mass is 10.0. The van der Waals surface area contributed by atoms with Crippen molar-refractivity contribution in [1.82, 2.24) is 19.0 Å².